The molecule has 104 valence electrons. The van der Waals surface area contributed by atoms with Gasteiger partial charge in [-0.05, 0) is 60.1 Å². The summed E-state index contributed by atoms with van der Waals surface area (Å²) in [5.41, 5.74) is -0.680. The maximum absolute atomic E-state index is 12.0. The minimum absolute atomic E-state index is 0.147. The number of hydrogen-bond donors (Lipinski definition) is 1. The van der Waals surface area contributed by atoms with E-state index >= 15 is 0 Å². The van der Waals surface area contributed by atoms with Gasteiger partial charge in [0.05, 0.1) is 6.61 Å². The van der Waals surface area contributed by atoms with Gasteiger partial charge in [-0.3, -0.25) is 9.59 Å². The van der Waals surface area contributed by atoms with Crippen LogP contribution in [0, 0.1) is 8.99 Å². The summed E-state index contributed by atoms with van der Waals surface area (Å²) >= 11 is 2.18. The zero-order valence-corrected chi connectivity index (χ0v) is 13.1. The van der Waals surface area contributed by atoms with Gasteiger partial charge in [-0.2, -0.15) is 0 Å². The van der Waals surface area contributed by atoms with E-state index in [1.165, 1.54) is 0 Å². The average molecular weight is 376 g/mol. The summed E-state index contributed by atoms with van der Waals surface area (Å²) in [4.78, 5) is 23.5. The Morgan fingerprint density at radius 2 is 1.84 bits per heavy atom. The molecule has 1 N–H and O–H groups in total. The van der Waals surface area contributed by atoms with Crippen LogP contribution >= 0.6 is 22.6 Å². The highest BCUT2D eigenvalue weighted by Gasteiger charge is 2.46. The van der Waals surface area contributed by atoms with Crippen molar-refractivity contribution in [2.75, 3.05) is 6.61 Å². The van der Waals surface area contributed by atoms with Crippen molar-refractivity contribution >= 4 is 34.5 Å². The fourth-order valence-electron chi connectivity index (χ4n) is 1.88. The number of benzene rings is 1. The maximum atomic E-state index is 12.0. The summed E-state index contributed by atoms with van der Waals surface area (Å²) in [5.74, 6) is -1.80. The largest absolute Gasteiger partial charge is 0.480 e. The number of esters is 1. The molecule has 0 aliphatic carbocycles. The predicted molar refractivity (Wildman–Crippen MR) is 79.9 cm³/mol. The van der Waals surface area contributed by atoms with Crippen LogP contribution in [0.3, 0.4) is 0 Å². The zero-order chi connectivity index (χ0) is 14.5. The van der Waals surface area contributed by atoms with Crippen molar-refractivity contribution in [2.24, 2.45) is 5.41 Å². The Morgan fingerprint density at radius 3 is 2.26 bits per heavy atom. The molecule has 19 heavy (non-hydrogen) atoms. The van der Waals surface area contributed by atoms with E-state index in [-0.39, 0.29) is 19.4 Å². The van der Waals surface area contributed by atoms with Gasteiger partial charge in [0.2, 0.25) is 0 Å². The highest BCUT2D eigenvalue weighted by atomic mass is 127. The van der Waals surface area contributed by atoms with Gasteiger partial charge >= 0.3 is 11.9 Å². The fourth-order valence-corrected chi connectivity index (χ4v) is 2.24. The van der Waals surface area contributed by atoms with Crippen molar-refractivity contribution in [2.45, 2.75) is 26.7 Å². The van der Waals surface area contributed by atoms with E-state index in [9.17, 15) is 14.7 Å². The molecular weight excluding hydrogens is 359 g/mol. The van der Waals surface area contributed by atoms with Crippen LogP contribution in [0.25, 0.3) is 0 Å². The first-order chi connectivity index (χ1) is 8.96. The number of halogens is 1. The molecule has 0 aromatic heterocycles. The van der Waals surface area contributed by atoms with Crippen molar-refractivity contribution in [1.82, 2.24) is 0 Å². The Bertz CT molecular complexity index is 455. The van der Waals surface area contributed by atoms with Gasteiger partial charge in [0, 0.05) is 3.57 Å². The lowest BCUT2D eigenvalue weighted by molar-refractivity contribution is -0.168. The van der Waals surface area contributed by atoms with Gasteiger partial charge < -0.3 is 9.84 Å². The molecule has 0 saturated carbocycles. The van der Waals surface area contributed by atoms with E-state index in [2.05, 4.69) is 22.6 Å². The molecule has 1 rings (SSSR count). The number of aliphatic carboxylic acids is 1. The molecule has 0 radical (unpaired) electrons. The van der Waals surface area contributed by atoms with Crippen molar-refractivity contribution in [3.8, 4) is 0 Å². The van der Waals surface area contributed by atoms with Crippen molar-refractivity contribution in [3.05, 3.63) is 33.4 Å². The molecule has 0 fully saturated rings. The van der Waals surface area contributed by atoms with Crippen molar-refractivity contribution < 1.29 is 19.4 Å². The lowest BCUT2D eigenvalue weighted by Crippen LogP contribution is -2.42. The molecule has 0 aliphatic heterocycles. The predicted octanol–water partition coefficient (Wildman–Crippen LogP) is 2.88. The van der Waals surface area contributed by atoms with E-state index in [1.807, 2.05) is 24.3 Å². The van der Waals surface area contributed by atoms with E-state index in [0.29, 0.717) is 0 Å². The van der Waals surface area contributed by atoms with Gasteiger partial charge in [0.1, 0.15) is 0 Å². The quantitative estimate of drug-likeness (QED) is 0.471. The van der Waals surface area contributed by atoms with Crippen LogP contribution in [0.4, 0.5) is 0 Å². The lowest BCUT2D eigenvalue weighted by atomic mass is 9.79. The number of carboxylic acid groups (broad SMARTS) is 1. The normalized spacial score (nSPS) is 13.6. The summed E-state index contributed by atoms with van der Waals surface area (Å²) < 4.78 is 6.00. The average Bonchev–Trinajstić information content (AvgIpc) is 2.38. The zero-order valence-electron chi connectivity index (χ0n) is 11.0. The number of rotatable bonds is 6. The standard InChI is InChI=1S/C14H17IO4/c1-3-14(12(16)17,13(18)19-4-2)9-10-5-7-11(15)8-6-10/h5-8H,3-4,9H2,1-2H3,(H,16,17). The molecule has 1 unspecified atom stereocenters. The molecule has 5 heteroatoms. The lowest BCUT2D eigenvalue weighted by Gasteiger charge is -2.25. The fraction of sp³-hybridized carbons (Fsp3) is 0.429. The van der Waals surface area contributed by atoms with Gasteiger partial charge in [-0.1, -0.05) is 19.1 Å². The second-order valence-corrected chi connectivity index (χ2v) is 5.51. The summed E-state index contributed by atoms with van der Waals surface area (Å²) in [6, 6.07) is 7.47. The molecule has 1 atom stereocenters. The molecule has 1 aromatic carbocycles. The number of ether oxygens (including phenoxy) is 1. The number of hydrogen-bond acceptors (Lipinski definition) is 3. The molecule has 0 saturated heterocycles. The van der Waals surface area contributed by atoms with Crippen LogP contribution in [-0.4, -0.2) is 23.7 Å². The monoisotopic (exact) mass is 376 g/mol. The molecule has 0 amide bonds. The second kappa shape index (κ2) is 6.88. The van der Waals surface area contributed by atoms with Gasteiger partial charge in [0.25, 0.3) is 0 Å². The van der Waals surface area contributed by atoms with Gasteiger partial charge in [0.15, 0.2) is 5.41 Å². The first kappa shape index (κ1) is 15.9. The van der Waals surface area contributed by atoms with E-state index in [0.717, 1.165) is 9.13 Å². The third kappa shape index (κ3) is 3.68. The van der Waals surface area contributed by atoms with E-state index < -0.39 is 17.4 Å². The SMILES string of the molecule is CCOC(=O)C(CC)(Cc1ccc(I)cc1)C(=O)O. The van der Waals surface area contributed by atoms with Crippen LogP contribution < -0.4 is 0 Å². The highest BCUT2D eigenvalue weighted by Crippen LogP contribution is 2.30. The Kier molecular flexibility index (Phi) is 5.78. The van der Waals surface area contributed by atoms with Crippen LogP contribution in [0.2, 0.25) is 0 Å². The number of carbonyl (C=O) groups is 2. The molecule has 0 aliphatic rings. The minimum atomic E-state index is -1.50. The van der Waals surface area contributed by atoms with Crippen molar-refractivity contribution in [1.29, 1.82) is 0 Å². The van der Waals surface area contributed by atoms with E-state index in [1.54, 1.807) is 13.8 Å². The van der Waals surface area contributed by atoms with Crippen LogP contribution in [0.15, 0.2) is 24.3 Å². The Balaban J connectivity index is 3.06. The molecule has 1 aromatic rings. The number of carboxylic acids is 1. The van der Waals surface area contributed by atoms with E-state index in [4.69, 9.17) is 4.74 Å². The first-order valence-electron chi connectivity index (χ1n) is 6.11. The minimum Gasteiger partial charge on any atom is -0.480 e. The van der Waals surface area contributed by atoms with Crippen LogP contribution in [0.1, 0.15) is 25.8 Å². The molecule has 0 spiro atoms. The summed E-state index contributed by atoms with van der Waals surface area (Å²) in [6.45, 7) is 3.54. The maximum Gasteiger partial charge on any atom is 0.323 e. The molecule has 0 bridgehead atoms. The molecule has 0 heterocycles. The summed E-state index contributed by atoms with van der Waals surface area (Å²) in [6.07, 6.45) is 0.349. The first-order valence-corrected chi connectivity index (χ1v) is 7.19. The third-order valence-electron chi connectivity index (χ3n) is 3.10. The van der Waals surface area contributed by atoms with Gasteiger partial charge in [-0.15, -0.1) is 0 Å². The Morgan fingerprint density at radius 1 is 1.26 bits per heavy atom. The Labute approximate surface area is 126 Å². The summed E-state index contributed by atoms with van der Waals surface area (Å²) in [5, 5.41) is 9.43. The smallest absolute Gasteiger partial charge is 0.323 e. The molecular formula is C14H17IO4. The third-order valence-corrected chi connectivity index (χ3v) is 3.82. The van der Waals surface area contributed by atoms with Gasteiger partial charge in [-0.25, -0.2) is 0 Å². The molecule has 4 nitrogen and oxygen atoms in total. The highest BCUT2D eigenvalue weighted by molar-refractivity contribution is 14.1. The topological polar surface area (TPSA) is 63.6 Å². The van der Waals surface area contributed by atoms with Crippen molar-refractivity contribution in [3.63, 3.8) is 0 Å². The van der Waals surface area contributed by atoms with Crippen LogP contribution in [-0.2, 0) is 20.7 Å². The van der Waals surface area contributed by atoms with Crippen LogP contribution in [0.5, 0.6) is 0 Å². The second-order valence-electron chi connectivity index (χ2n) is 4.26. The Hall–Kier alpha value is -1.11. The summed E-state index contributed by atoms with van der Waals surface area (Å²) in [7, 11) is 0. The number of carbonyl (C=O) groups excluding carboxylic acids is 1.